The number of nitrogens with one attached hydrogen (secondary N) is 1. The quantitative estimate of drug-likeness (QED) is 0.906. The van der Waals surface area contributed by atoms with Gasteiger partial charge in [0.15, 0.2) is 0 Å². The van der Waals surface area contributed by atoms with Gasteiger partial charge < -0.3 is 5.32 Å². The Balaban J connectivity index is 1.92. The number of benzene rings is 1. The van der Waals surface area contributed by atoms with Gasteiger partial charge in [0.1, 0.15) is 0 Å². The van der Waals surface area contributed by atoms with Crippen LogP contribution in [-0.2, 0) is 0 Å². The first-order valence-corrected chi connectivity index (χ1v) is 7.50. The molecule has 18 heavy (non-hydrogen) atoms. The van der Waals surface area contributed by atoms with Crippen LogP contribution in [0.15, 0.2) is 35.4 Å². The van der Waals surface area contributed by atoms with Crippen molar-refractivity contribution in [3.8, 4) is 0 Å². The molecule has 0 bridgehead atoms. The summed E-state index contributed by atoms with van der Waals surface area (Å²) in [7, 11) is 0. The predicted octanol–water partition coefficient (Wildman–Crippen LogP) is 3.73. The summed E-state index contributed by atoms with van der Waals surface area (Å²) in [5.74, 6) is 0. The summed E-state index contributed by atoms with van der Waals surface area (Å²) in [4.78, 5) is 5.69. The maximum Gasteiger partial charge on any atom is 0.0714 e. The number of nitrogens with zero attached hydrogens (tertiary/aromatic N) is 1. The standard InChI is InChI=1S/C14H15ClN2S/c15-10-1-2-13-12(9-10)14(5-8-17-13)18-11-3-6-16-7-4-11/h1-2,5,8-9,11,16H,3-4,6-7H2. The maximum atomic E-state index is 6.09. The molecule has 2 aromatic rings. The zero-order chi connectivity index (χ0) is 12.4. The first-order valence-electron chi connectivity index (χ1n) is 6.24. The molecule has 1 aliphatic rings. The molecule has 2 heterocycles. The first kappa shape index (κ1) is 12.3. The van der Waals surface area contributed by atoms with Crippen molar-refractivity contribution < 1.29 is 0 Å². The molecule has 1 aromatic carbocycles. The lowest BCUT2D eigenvalue weighted by atomic mass is 10.2. The predicted molar refractivity (Wildman–Crippen MR) is 78.5 cm³/mol. The van der Waals surface area contributed by atoms with E-state index in [9.17, 15) is 0 Å². The highest BCUT2D eigenvalue weighted by Gasteiger charge is 2.15. The van der Waals surface area contributed by atoms with Crippen LogP contribution in [0.3, 0.4) is 0 Å². The van der Waals surface area contributed by atoms with Crippen molar-refractivity contribution in [3.63, 3.8) is 0 Å². The average Bonchev–Trinajstić information content (AvgIpc) is 2.41. The normalized spacial score (nSPS) is 17.2. The van der Waals surface area contributed by atoms with E-state index in [0.29, 0.717) is 5.25 Å². The van der Waals surface area contributed by atoms with Gasteiger partial charge in [-0.1, -0.05) is 11.6 Å². The van der Waals surface area contributed by atoms with Gasteiger partial charge in [0.2, 0.25) is 0 Å². The topological polar surface area (TPSA) is 24.9 Å². The van der Waals surface area contributed by atoms with Gasteiger partial charge >= 0.3 is 0 Å². The second-order valence-corrected chi connectivity index (χ2v) is 6.32. The van der Waals surface area contributed by atoms with Crippen molar-refractivity contribution in [1.82, 2.24) is 10.3 Å². The zero-order valence-electron chi connectivity index (χ0n) is 10.0. The van der Waals surface area contributed by atoms with Crippen LogP contribution < -0.4 is 5.32 Å². The lowest BCUT2D eigenvalue weighted by molar-refractivity contribution is 0.531. The molecule has 1 aromatic heterocycles. The van der Waals surface area contributed by atoms with Crippen LogP contribution in [0.5, 0.6) is 0 Å². The highest BCUT2D eigenvalue weighted by Crippen LogP contribution is 2.34. The van der Waals surface area contributed by atoms with Gasteiger partial charge in [0.25, 0.3) is 0 Å². The zero-order valence-corrected chi connectivity index (χ0v) is 11.6. The van der Waals surface area contributed by atoms with Gasteiger partial charge in [-0.25, -0.2) is 0 Å². The molecule has 1 N–H and O–H groups in total. The molecule has 0 spiro atoms. The monoisotopic (exact) mass is 278 g/mol. The van der Waals surface area contributed by atoms with Gasteiger partial charge in [-0.2, -0.15) is 0 Å². The molecule has 0 amide bonds. The van der Waals surface area contributed by atoms with E-state index in [1.54, 1.807) is 0 Å². The van der Waals surface area contributed by atoms with E-state index in [-0.39, 0.29) is 0 Å². The Morgan fingerprint density at radius 3 is 2.89 bits per heavy atom. The van der Waals surface area contributed by atoms with E-state index in [4.69, 9.17) is 11.6 Å². The van der Waals surface area contributed by atoms with Crippen LogP contribution in [0.2, 0.25) is 5.02 Å². The Bertz CT molecular complexity index is 552. The van der Waals surface area contributed by atoms with Crippen molar-refractivity contribution in [2.75, 3.05) is 13.1 Å². The minimum Gasteiger partial charge on any atom is -0.317 e. The molecular weight excluding hydrogens is 264 g/mol. The smallest absolute Gasteiger partial charge is 0.0714 e. The fraction of sp³-hybridized carbons (Fsp3) is 0.357. The van der Waals surface area contributed by atoms with Crippen LogP contribution in [0.1, 0.15) is 12.8 Å². The van der Waals surface area contributed by atoms with E-state index in [0.717, 1.165) is 23.6 Å². The van der Waals surface area contributed by atoms with Gasteiger partial charge in [-0.3, -0.25) is 4.98 Å². The lowest BCUT2D eigenvalue weighted by Gasteiger charge is -2.22. The number of rotatable bonds is 2. The molecule has 2 nitrogen and oxygen atoms in total. The Morgan fingerprint density at radius 2 is 2.06 bits per heavy atom. The van der Waals surface area contributed by atoms with E-state index >= 15 is 0 Å². The fourth-order valence-electron chi connectivity index (χ4n) is 2.29. The number of aromatic nitrogens is 1. The van der Waals surface area contributed by atoms with Crippen molar-refractivity contribution in [1.29, 1.82) is 0 Å². The Labute approximate surface area is 116 Å². The van der Waals surface area contributed by atoms with Crippen LogP contribution in [0.25, 0.3) is 10.9 Å². The number of pyridine rings is 1. The number of halogens is 1. The third-order valence-electron chi connectivity index (χ3n) is 3.24. The largest absolute Gasteiger partial charge is 0.317 e. The maximum absolute atomic E-state index is 6.09. The van der Waals surface area contributed by atoms with Crippen molar-refractivity contribution in [2.24, 2.45) is 0 Å². The van der Waals surface area contributed by atoms with Crippen molar-refractivity contribution in [2.45, 2.75) is 23.0 Å². The van der Waals surface area contributed by atoms with Crippen LogP contribution in [0, 0.1) is 0 Å². The molecule has 0 saturated carbocycles. The van der Waals surface area contributed by atoms with Crippen molar-refractivity contribution in [3.05, 3.63) is 35.5 Å². The fourth-order valence-corrected chi connectivity index (χ4v) is 3.72. The van der Waals surface area contributed by atoms with Gasteiger partial charge in [0.05, 0.1) is 5.52 Å². The summed E-state index contributed by atoms with van der Waals surface area (Å²) in [6.07, 6.45) is 4.35. The molecule has 0 radical (unpaired) electrons. The molecule has 1 fully saturated rings. The highest BCUT2D eigenvalue weighted by molar-refractivity contribution is 8.00. The summed E-state index contributed by atoms with van der Waals surface area (Å²) in [6, 6.07) is 8.01. The highest BCUT2D eigenvalue weighted by atomic mass is 35.5. The molecule has 1 aliphatic heterocycles. The minimum atomic E-state index is 0.704. The van der Waals surface area contributed by atoms with Crippen LogP contribution in [-0.4, -0.2) is 23.3 Å². The number of thioether (sulfide) groups is 1. The SMILES string of the molecule is Clc1ccc2nccc(SC3CCNCC3)c2c1. The summed E-state index contributed by atoms with van der Waals surface area (Å²) >= 11 is 8.05. The Hall–Kier alpha value is -0.770. The van der Waals surface area contributed by atoms with Crippen LogP contribution >= 0.6 is 23.4 Å². The van der Waals surface area contributed by atoms with E-state index in [1.807, 2.05) is 36.2 Å². The van der Waals surface area contributed by atoms with Gasteiger partial charge in [-0.05, 0) is 50.2 Å². The first-order chi connectivity index (χ1) is 8.83. The van der Waals surface area contributed by atoms with E-state index in [2.05, 4.69) is 16.4 Å². The Kier molecular flexibility index (Phi) is 3.73. The molecule has 1 saturated heterocycles. The van der Waals surface area contributed by atoms with Crippen LogP contribution in [0.4, 0.5) is 0 Å². The van der Waals surface area contributed by atoms with E-state index in [1.165, 1.54) is 23.1 Å². The summed E-state index contributed by atoms with van der Waals surface area (Å²) in [6.45, 7) is 2.25. The molecular formula is C14H15ClN2S. The second kappa shape index (κ2) is 5.47. The molecule has 4 heteroatoms. The molecule has 0 aliphatic carbocycles. The third-order valence-corrected chi connectivity index (χ3v) is 4.89. The second-order valence-electron chi connectivity index (χ2n) is 4.54. The van der Waals surface area contributed by atoms with Crippen molar-refractivity contribution >= 4 is 34.3 Å². The molecule has 3 rings (SSSR count). The molecule has 94 valence electrons. The third kappa shape index (κ3) is 2.63. The lowest BCUT2D eigenvalue weighted by Crippen LogP contribution is -2.29. The van der Waals surface area contributed by atoms with Gasteiger partial charge in [-0.15, -0.1) is 11.8 Å². The summed E-state index contributed by atoms with van der Waals surface area (Å²) in [5, 5.41) is 6.06. The number of piperidine rings is 1. The van der Waals surface area contributed by atoms with E-state index < -0.39 is 0 Å². The number of fused-ring (bicyclic) bond motifs is 1. The molecule has 0 unspecified atom stereocenters. The van der Waals surface area contributed by atoms with Gasteiger partial charge in [0, 0.05) is 26.8 Å². The molecule has 0 atom stereocenters. The minimum absolute atomic E-state index is 0.704. The Morgan fingerprint density at radius 1 is 1.22 bits per heavy atom. The number of hydrogen-bond donors (Lipinski definition) is 1. The summed E-state index contributed by atoms with van der Waals surface area (Å²) in [5.41, 5.74) is 1.03. The average molecular weight is 279 g/mol. The number of hydrogen-bond acceptors (Lipinski definition) is 3. The summed E-state index contributed by atoms with van der Waals surface area (Å²) < 4.78 is 0.